The second-order valence-corrected chi connectivity index (χ2v) is 7.96. The molecule has 0 aliphatic heterocycles. The van der Waals surface area contributed by atoms with Gasteiger partial charge in [-0.1, -0.05) is 65.7 Å². The van der Waals surface area contributed by atoms with Gasteiger partial charge >= 0.3 is 0 Å². The highest BCUT2D eigenvalue weighted by Crippen LogP contribution is 2.38. The molecule has 18 heavy (non-hydrogen) atoms. The summed E-state index contributed by atoms with van der Waals surface area (Å²) < 4.78 is 0. The number of hydrogen-bond donors (Lipinski definition) is 0. The first-order chi connectivity index (χ1) is 8.52. The molecule has 0 bridgehead atoms. The zero-order chi connectivity index (χ0) is 13.3. The molecule has 1 heteroatoms. The molecule has 0 N–H and O–H groups in total. The monoisotopic (exact) mass is 255 g/mol. The molecule has 95 valence electrons. The molecule has 0 nitrogen and oxygen atoms in total. The highest BCUT2D eigenvalue weighted by atomic mass is 28.3. The third-order valence-corrected chi connectivity index (χ3v) is 7.08. The van der Waals surface area contributed by atoms with Crippen molar-refractivity contribution in [3.05, 3.63) is 57.8 Å². The Kier molecular flexibility index (Phi) is 3.91. The van der Waals surface area contributed by atoms with Gasteiger partial charge in [-0.3, -0.25) is 0 Å². The van der Waals surface area contributed by atoms with Crippen LogP contribution < -0.4 is 0 Å². The molecule has 0 aromatic heterocycles. The van der Waals surface area contributed by atoms with Crippen LogP contribution in [-0.4, -0.2) is 8.80 Å². The summed E-state index contributed by atoms with van der Waals surface area (Å²) in [6.45, 7) is 11.7. The van der Waals surface area contributed by atoms with Gasteiger partial charge in [0.25, 0.3) is 0 Å². The van der Waals surface area contributed by atoms with Crippen molar-refractivity contribution < 1.29 is 0 Å². The minimum absolute atomic E-state index is 0.444. The molecule has 0 amide bonds. The Morgan fingerprint density at radius 1 is 1.00 bits per heavy atom. The molecule has 0 fully saturated rings. The Hall–Kier alpha value is -1.08. The van der Waals surface area contributed by atoms with Crippen molar-refractivity contribution in [2.24, 2.45) is 5.92 Å². The maximum atomic E-state index is 2.47. The van der Waals surface area contributed by atoms with Crippen LogP contribution in [0.4, 0.5) is 0 Å². The van der Waals surface area contributed by atoms with Crippen LogP contribution in [0.25, 0.3) is 0 Å². The first-order valence-corrected chi connectivity index (χ1v) is 8.98. The number of benzene rings is 1. The molecule has 1 aromatic rings. The van der Waals surface area contributed by atoms with E-state index in [1.807, 2.05) is 0 Å². The normalized spacial score (nSPS) is 20.2. The summed E-state index contributed by atoms with van der Waals surface area (Å²) in [5.74, 6) is 0.674. The lowest BCUT2D eigenvalue weighted by Crippen LogP contribution is -2.20. The van der Waals surface area contributed by atoms with E-state index in [9.17, 15) is 0 Å². The maximum Gasteiger partial charge on any atom is 0.0826 e. The molecule has 1 aliphatic rings. The second kappa shape index (κ2) is 5.27. The molecule has 2 rings (SSSR count). The standard InChI is InChI=1S/C17H23Si/c1-12-13(2)15(4)17(14(12)3)18(5)11-16-9-7-6-8-10-16/h6-10,14H,11H2,1-5H3. The lowest BCUT2D eigenvalue weighted by Gasteiger charge is -2.19. The Labute approximate surface area is 113 Å². The Bertz CT molecular complexity index is 494. The average Bonchev–Trinajstić information content (AvgIpc) is 2.55. The van der Waals surface area contributed by atoms with Gasteiger partial charge in [0, 0.05) is 0 Å². The fourth-order valence-corrected chi connectivity index (χ4v) is 5.87. The average molecular weight is 255 g/mol. The van der Waals surface area contributed by atoms with Crippen molar-refractivity contribution in [3.63, 3.8) is 0 Å². The first kappa shape index (κ1) is 13.4. The minimum atomic E-state index is -0.444. The first-order valence-electron chi connectivity index (χ1n) is 6.77. The Balaban J connectivity index is 2.19. The summed E-state index contributed by atoms with van der Waals surface area (Å²) >= 11 is 0. The van der Waals surface area contributed by atoms with Crippen LogP contribution in [0.1, 0.15) is 33.3 Å². The summed E-state index contributed by atoms with van der Waals surface area (Å²) in [6, 6.07) is 12.2. The number of allylic oxidation sites excluding steroid dienone is 4. The van der Waals surface area contributed by atoms with Crippen LogP contribution in [0.2, 0.25) is 6.55 Å². The van der Waals surface area contributed by atoms with Crippen molar-refractivity contribution >= 4 is 8.80 Å². The quantitative estimate of drug-likeness (QED) is 0.685. The zero-order valence-corrected chi connectivity index (χ0v) is 13.2. The van der Waals surface area contributed by atoms with Crippen LogP contribution in [0.15, 0.2) is 52.2 Å². The molecular weight excluding hydrogens is 232 g/mol. The Morgan fingerprint density at radius 3 is 2.11 bits per heavy atom. The van der Waals surface area contributed by atoms with E-state index in [0.29, 0.717) is 5.92 Å². The molecule has 0 saturated carbocycles. The van der Waals surface area contributed by atoms with Crippen molar-refractivity contribution in [2.75, 3.05) is 0 Å². The van der Waals surface area contributed by atoms with Gasteiger partial charge < -0.3 is 0 Å². The van der Waals surface area contributed by atoms with Gasteiger partial charge in [0.05, 0.1) is 8.80 Å². The fourth-order valence-electron chi connectivity index (χ4n) is 3.05. The van der Waals surface area contributed by atoms with Gasteiger partial charge in [0.1, 0.15) is 0 Å². The SMILES string of the molecule is CC1=C(C)C(C)C([Si](C)Cc2ccccc2)=C1C. The molecule has 0 heterocycles. The number of hydrogen-bond acceptors (Lipinski definition) is 0. The van der Waals surface area contributed by atoms with Gasteiger partial charge in [-0.2, -0.15) is 0 Å². The molecule has 0 spiro atoms. The third-order valence-electron chi connectivity index (χ3n) is 4.41. The van der Waals surface area contributed by atoms with Gasteiger partial charge in [-0.25, -0.2) is 0 Å². The number of rotatable bonds is 3. The highest BCUT2D eigenvalue weighted by molar-refractivity contribution is 6.65. The maximum absolute atomic E-state index is 2.47. The van der Waals surface area contributed by atoms with E-state index in [-0.39, 0.29) is 0 Å². The third kappa shape index (κ3) is 2.37. The highest BCUT2D eigenvalue weighted by Gasteiger charge is 2.27. The molecule has 1 aromatic carbocycles. The van der Waals surface area contributed by atoms with Crippen molar-refractivity contribution in [1.29, 1.82) is 0 Å². The zero-order valence-electron chi connectivity index (χ0n) is 12.2. The fraction of sp³-hybridized carbons (Fsp3) is 0.412. The van der Waals surface area contributed by atoms with Crippen LogP contribution in [0, 0.1) is 5.92 Å². The van der Waals surface area contributed by atoms with Crippen molar-refractivity contribution in [1.82, 2.24) is 0 Å². The lowest BCUT2D eigenvalue weighted by atomic mass is 10.1. The van der Waals surface area contributed by atoms with Crippen molar-refractivity contribution in [2.45, 2.75) is 40.3 Å². The minimum Gasteiger partial charge on any atom is -0.0727 e. The van der Waals surface area contributed by atoms with Gasteiger partial charge in [0.15, 0.2) is 0 Å². The van der Waals surface area contributed by atoms with E-state index >= 15 is 0 Å². The van der Waals surface area contributed by atoms with Gasteiger partial charge in [-0.05, 0) is 38.3 Å². The van der Waals surface area contributed by atoms with E-state index in [1.54, 1.807) is 16.3 Å². The summed E-state index contributed by atoms with van der Waals surface area (Å²) in [5.41, 5.74) is 6.19. The van der Waals surface area contributed by atoms with Gasteiger partial charge in [-0.15, -0.1) is 0 Å². The van der Waals surface area contributed by atoms with E-state index in [1.165, 1.54) is 17.2 Å². The molecule has 1 atom stereocenters. The Morgan fingerprint density at radius 2 is 1.61 bits per heavy atom. The van der Waals surface area contributed by atoms with Gasteiger partial charge in [0.2, 0.25) is 0 Å². The molecule has 1 unspecified atom stereocenters. The summed E-state index contributed by atoms with van der Waals surface area (Å²) in [4.78, 5) is 0. The lowest BCUT2D eigenvalue weighted by molar-refractivity contribution is 0.850. The van der Waals surface area contributed by atoms with E-state index in [2.05, 4.69) is 64.6 Å². The largest absolute Gasteiger partial charge is 0.0826 e. The predicted molar refractivity (Wildman–Crippen MR) is 82.0 cm³/mol. The molecule has 1 radical (unpaired) electrons. The summed E-state index contributed by atoms with van der Waals surface area (Å²) in [6.07, 6.45) is 0. The summed E-state index contributed by atoms with van der Waals surface area (Å²) in [7, 11) is -0.444. The van der Waals surface area contributed by atoms with Crippen molar-refractivity contribution in [3.8, 4) is 0 Å². The van der Waals surface area contributed by atoms with E-state index in [4.69, 9.17) is 0 Å². The molecule has 1 aliphatic carbocycles. The van der Waals surface area contributed by atoms with E-state index in [0.717, 1.165) is 0 Å². The second-order valence-electron chi connectivity index (χ2n) is 5.51. The van der Waals surface area contributed by atoms with E-state index < -0.39 is 8.80 Å². The molecule has 0 saturated heterocycles. The van der Waals surface area contributed by atoms with Crippen LogP contribution in [0.5, 0.6) is 0 Å². The van der Waals surface area contributed by atoms with Crippen LogP contribution in [-0.2, 0) is 6.04 Å². The van der Waals surface area contributed by atoms with Crippen LogP contribution in [0.3, 0.4) is 0 Å². The van der Waals surface area contributed by atoms with Crippen LogP contribution >= 0.6 is 0 Å². The predicted octanol–water partition coefficient (Wildman–Crippen LogP) is 4.73. The smallest absolute Gasteiger partial charge is 0.0727 e. The topological polar surface area (TPSA) is 0 Å². The molecular formula is C17H23Si. The summed E-state index contributed by atoms with van der Waals surface area (Å²) in [5, 5.41) is 1.75.